The van der Waals surface area contributed by atoms with Gasteiger partial charge in [0, 0.05) is 5.02 Å². The highest BCUT2D eigenvalue weighted by Crippen LogP contribution is 2.21. The minimum Gasteiger partial charge on any atom is -0.349 e. The first kappa shape index (κ1) is 16.6. The number of nitrogens with one attached hydrogen (secondary N) is 1. The minimum absolute atomic E-state index is 0.000833. The molecule has 0 spiro atoms. The van der Waals surface area contributed by atoms with Crippen LogP contribution in [0, 0.1) is 20.8 Å². The summed E-state index contributed by atoms with van der Waals surface area (Å²) in [5, 5.41) is 3.76. The lowest BCUT2D eigenvalue weighted by Gasteiger charge is -2.18. The molecule has 2 rings (SSSR count). The van der Waals surface area contributed by atoms with Crippen LogP contribution in [0.25, 0.3) is 0 Å². The van der Waals surface area contributed by atoms with Crippen molar-refractivity contribution in [3.63, 3.8) is 0 Å². The number of aryl methyl sites for hydroxylation is 3. The van der Waals surface area contributed by atoms with Gasteiger partial charge in [-0.25, -0.2) is 0 Å². The standard InChI is InChI=1S/C19H22ClNO/c1-12-9-14(3)18(10-13(12)2)15(4)21-19(22)11-16-5-7-17(20)8-6-16/h5-10,15H,11H2,1-4H3,(H,21,22)/t15-/m1/s1. The highest BCUT2D eigenvalue weighted by Gasteiger charge is 2.13. The molecule has 0 fully saturated rings. The Hall–Kier alpha value is -1.80. The molecule has 0 aliphatic rings. The Kier molecular flexibility index (Phi) is 5.25. The monoisotopic (exact) mass is 315 g/mol. The molecule has 0 heterocycles. The molecule has 0 aromatic heterocycles. The maximum Gasteiger partial charge on any atom is 0.224 e. The van der Waals surface area contributed by atoms with Gasteiger partial charge in [0.2, 0.25) is 5.91 Å². The molecule has 0 saturated carbocycles. The fourth-order valence-corrected chi connectivity index (χ4v) is 2.73. The summed E-state index contributed by atoms with van der Waals surface area (Å²) in [7, 11) is 0. The zero-order valence-electron chi connectivity index (χ0n) is 13.5. The van der Waals surface area contributed by atoms with Gasteiger partial charge in [-0.3, -0.25) is 4.79 Å². The molecule has 3 heteroatoms. The highest BCUT2D eigenvalue weighted by molar-refractivity contribution is 6.30. The van der Waals surface area contributed by atoms with Crippen LogP contribution in [0.5, 0.6) is 0 Å². The summed E-state index contributed by atoms with van der Waals surface area (Å²) in [6, 6.07) is 11.7. The van der Waals surface area contributed by atoms with Gasteiger partial charge in [0.25, 0.3) is 0 Å². The second kappa shape index (κ2) is 6.97. The number of hydrogen-bond acceptors (Lipinski definition) is 1. The van der Waals surface area contributed by atoms with Crippen molar-refractivity contribution in [3.05, 3.63) is 69.2 Å². The molecule has 2 aromatic carbocycles. The Balaban J connectivity index is 2.05. The molecule has 2 aromatic rings. The first-order valence-corrected chi connectivity index (χ1v) is 7.86. The molecule has 1 amide bonds. The van der Waals surface area contributed by atoms with Crippen LogP contribution >= 0.6 is 11.6 Å². The summed E-state index contributed by atoms with van der Waals surface area (Å²) in [6.07, 6.45) is 0.366. The van der Waals surface area contributed by atoms with E-state index >= 15 is 0 Å². The zero-order chi connectivity index (χ0) is 16.3. The molecular weight excluding hydrogens is 294 g/mol. The van der Waals surface area contributed by atoms with E-state index in [-0.39, 0.29) is 11.9 Å². The van der Waals surface area contributed by atoms with Crippen molar-refractivity contribution in [2.24, 2.45) is 0 Å². The summed E-state index contributed by atoms with van der Waals surface area (Å²) >= 11 is 5.86. The summed E-state index contributed by atoms with van der Waals surface area (Å²) < 4.78 is 0. The number of rotatable bonds is 4. The maximum atomic E-state index is 12.2. The van der Waals surface area contributed by atoms with Crippen molar-refractivity contribution in [3.8, 4) is 0 Å². The lowest BCUT2D eigenvalue weighted by atomic mass is 9.96. The van der Waals surface area contributed by atoms with Crippen molar-refractivity contribution >= 4 is 17.5 Å². The lowest BCUT2D eigenvalue weighted by molar-refractivity contribution is -0.121. The Morgan fingerprint density at radius 2 is 1.64 bits per heavy atom. The predicted molar refractivity (Wildman–Crippen MR) is 92.4 cm³/mol. The molecule has 1 atom stereocenters. The van der Waals surface area contributed by atoms with E-state index in [1.807, 2.05) is 19.1 Å². The van der Waals surface area contributed by atoms with Crippen LogP contribution < -0.4 is 5.32 Å². The summed E-state index contributed by atoms with van der Waals surface area (Å²) in [5.41, 5.74) is 5.88. The molecule has 116 valence electrons. The van der Waals surface area contributed by atoms with Crippen molar-refractivity contribution in [1.29, 1.82) is 0 Å². The van der Waals surface area contributed by atoms with E-state index in [4.69, 9.17) is 11.6 Å². The van der Waals surface area contributed by atoms with Crippen LogP contribution in [0.3, 0.4) is 0 Å². The average Bonchev–Trinajstić information content (AvgIpc) is 2.45. The molecule has 0 aliphatic carbocycles. The molecule has 0 bridgehead atoms. The lowest BCUT2D eigenvalue weighted by Crippen LogP contribution is -2.28. The Morgan fingerprint density at radius 1 is 1.05 bits per heavy atom. The van der Waals surface area contributed by atoms with Crippen LogP contribution in [0.15, 0.2) is 36.4 Å². The molecular formula is C19H22ClNO. The van der Waals surface area contributed by atoms with E-state index in [2.05, 4.69) is 38.2 Å². The van der Waals surface area contributed by atoms with Crippen molar-refractivity contribution in [1.82, 2.24) is 5.32 Å². The Labute approximate surface area is 137 Å². The van der Waals surface area contributed by atoms with Gasteiger partial charge in [-0.2, -0.15) is 0 Å². The summed E-state index contributed by atoms with van der Waals surface area (Å²) in [4.78, 5) is 12.2. The molecule has 0 aliphatic heterocycles. The van der Waals surface area contributed by atoms with Gasteiger partial charge in [-0.1, -0.05) is 35.9 Å². The van der Waals surface area contributed by atoms with E-state index in [0.29, 0.717) is 11.4 Å². The zero-order valence-corrected chi connectivity index (χ0v) is 14.3. The van der Waals surface area contributed by atoms with E-state index in [1.165, 1.54) is 22.3 Å². The Morgan fingerprint density at radius 3 is 2.27 bits per heavy atom. The van der Waals surface area contributed by atoms with Gasteiger partial charge in [0.05, 0.1) is 12.5 Å². The van der Waals surface area contributed by atoms with Gasteiger partial charge < -0.3 is 5.32 Å². The van der Waals surface area contributed by atoms with E-state index in [0.717, 1.165) is 5.56 Å². The maximum absolute atomic E-state index is 12.2. The highest BCUT2D eigenvalue weighted by atomic mass is 35.5. The number of amides is 1. The summed E-state index contributed by atoms with van der Waals surface area (Å²) in [5.74, 6) is 0.0208. The van der Waals surface area contributed by atoms with Gasteiger partial charge in [0.15, 0.2) is 0 Å². The fourth-order valence-electron chi connectivity index (χ4n) is 2.61. The van der Waals surface area contributed by atoms with Crippen LogP contribution in [-0.4, -0.2) is 5.91 Å². The van der Waals surface area contributed by atoms with E-state index in [1.54, 1.807) is 12.1 Å². The minimum atomic E-state index is -0.000833. The van der Waals surface area contributed by atoms with Crippen LogP contribution in [0.1, 0.15) is 40.8 Å². The third-order valence-electron chi connectivity index (χ3n) is 4.00. The molecule has 1 N–H and O–H groups in total. The van der Waals surface area contributed by atoms with Gasteiger partial charge in [-0.05, 0) is 67.6 Å². The second-order valence-electron chi connectivity index (χ2n) is 5.89. The largest absolute Gasteiger partial charge is 0.349 e. The van der Waals surface area contributed by atoms with Crippen molar-refractivity contribution in [2.75, 3.05) is 0 Å². The smallest absolute Gasteiger partial charge is 0.224 e. The summed E-state index contributed by atoms with van der Waals surface area (Å²) in [6.45, 7) is 8.32. The van der Waals surface area contributed by atoms with Crippen LogP contribution in [0.2, 0.25) is 5.02 Å². The first-order chi connectivity index (χ1) is 10.4. The second-order valence-corrected chi connectivity index (χ2v) is 6.32. The molecule has 22 heavy (non-hydrogen) atoms. The first-order valence-electron chi connectivity index (χ1n) is 7.48. The predicted octanol–water partition coefficient (Wildman–Crippen LogP) is 4.69. The SMILES string of the molecule is Cc1cc(C)c([C@@H](C)NC(=O)Cc2ccc(Cl)cc2)cc1C. The number of carbonyl (C=O) groups excluding carboxylic acids is 1. The topological polar surface area (TPSA) is 29.1 Å². The quantitative estimate of drug-likeness (QED) is 0.871. The number of hydrogen-bond donors (Lipinski definition) is 1. The molecule has 0 radical (unpaired) electrons. The van der Waals surface area contributed by atoms with E-state index < -0.39 is 0 Å². The number of halogens is 1. The van der Waals surface area contributed by atoms with Crippen molar-refractivity contribution in [2.45, 2.75) is 40.2 Å². The molecule has 0 unspecified atom stereocenters. The van der Waals surface area contributed by atoms with Gasteiger partial charge in [0.1, 0.15) is 0 Å². The van der Waals surface area contributed by atoms with Gasteiger partial charge >= 0.3 is 0 Å². The normalized spacial score (nSPS) is 12.0. The molecule has 2 nitrogen and oxygen atoms in total. The Bertz CT molecular complexity index is 677. The van der Waals surface area contributed by atoms with Crippen LogP contribution in [0.4, 0.5) is 0 Å². The average molecular weight is 316 g/mol. The van der Waals surface area contributed by atoms with Crippen LogP contribution in [-0.2, 0) is 11.2 Å². The van der Waals surface area contributed by atoms with E-state index in [9.17, 15) is 4.79 Å². The van der Waals surface area contributed by atoms with Crippen molar-refractivity contribution < 1.29 is 4.79 Å². The fraction of sp³-hybridized carbons (Fsp3) is 0.316. The molecule has 0 saturated heterocycles. The van der Waals surface area contributed by atoms with Gasteiger partial charge in [-0.15, -0.1) is 0 Å². The number of carbonyl (C=O) groups is 1. The third kappa shape index (κ3) is 4.11. The third-order valence-corrected chi connectivity index (χ3v) is 4.26. The number of benzene rings is 2.